The van der Waals surface area contributed by atoms with Gasteiger partial charge in [0.05, 0.1) is 7.11 Å². The molecule has 0 spiro atoms. The number of hydrogen-bond acceptors (Lipinski definition) is 3. The fraction of sp³-hybridized carbons (Fsp3) is 0.417. The molecule has 0 unspecified atom stereocenters. The Morgan fingerprint density at radius 3 is 2.73 bits per heavy atom. The molecule has 1 aromatic carbocycles. The zero-order valence-electron chi connectivity index (χ0n) is 9.12. The number of ether oxygens (including phenoxy) is 1. The molecule has 0 aliphatic heterocycles. The van der Waals surface area contributed by atoms with Gasteiger partial charge in [0.1, 0.15) is 17.3 Å². The van der Waals surface area contributed by atoms with Crippen molar-refractivity contribution in [3.05, 3.63) is 23.8 Å². The normalized spacial score (nSPS) is 10.0. The molecule has 0 atom stereocenters. The van der Waals surface area contributed by atoms with Gasteiger partial charge in [0.2, 0.25) is 0 Å². The van der Waals surface area contributed by atoms with Crippen LogP contribution < -0.4 is 4.74 Å². The van der Waals surface area contributed by atoms with E-state index in [1.807, 2.05) is 12.1 Å². The summed E-state index contributed by atoms with van der Waals surface area (Å²) >= 11 is 0. The van der Waals surface area contributed by atoms with Crippen LogP contribution >= 0.6 is 0 Å². The quantitative estimate of drug-likeness (QED) is 0.807. The molecule has 0 bridgehead atoms. The largest absolute Gasteiger partial charge is 0.508 e. The van der Waals surface area contributed by atoms with Crippen molar-refractivity contribution in [3.8, 4) is 11.5 Å². The lowest BCUT2D eigenvalue weighted by atomic mass is 10.1. The Balaban J connectivity index is 2.58. The Morgan fingerprint density at radius 1 is 1.47 bits per heavy atom. The van der Waals surface area contributed by atoms with Crippen LogP contribution in [0.5, 0.6) is 11.5 Å². The molecule has 82 valence electrons. The minimum atomic E-state index is 0.183. The molecule has 1 aromatic rings. The number of rotatable bonds is 5. The zero-order valence-corrected chi connectivity index (χ0v) is 9.12. The molecule has 1 rings (SSSR count). The van der Waals surface area contributed by atoms with Crippen LogP contribution in [-0.2, 0) is 11.2 Å². The van der Waals surface area contributed by atoms with E-state index < -0.39 is 0 Å². The highest BCUT2D eigenvalue weighted by molar-refractivity contribution is 5.75. The number of phenolic OH excluding ortho intramolecular Hbond substituents is 1. The predicted molar refractivity (Wildman–Crippen MR) is 58.3 cm³/mol. The first-order valence-electron chi connectivity index (χ1n) is 4.99. The summed E-state index contributed by atoms with van der Waals surface area (Å²) < 4.78 is 4.98. The van der Waals surface area contributed by atoms with Crippen molar-refractivity contribution < 1.29 is 14.6 Å². The summed E-state index contributed by atoms with van der Waals surface area (Å²) in [6, 6.07) is 5.22. The summed E-state index contributed by atoms with van der Waals surface area (Å²) in [5.74, 6) is 1.06. The molecule has 0 fully saturated rings. The standard InChI is InChI=1S/C12H16O3/c1-9(13)4-3-5-10-6-7-11(15-2)8-12(10)14/h6-8,14H,3-5H2,1-2H3. The maximum atomic E-state index is 10.7. The minimum Gasteiger partial charge on any atom is -0.508 e. The second kappa shape index (κ2) is 5.39. The molecule has 0 amide bonds. The lowest BCUT2D eigenvalue weighted by Crippen LogP contribution is -1.93. The SMILES string of the molecule is COc1ccc(CCCC(C)=O)c(O)c1. The van der Waals surface area contributed by atoms with Gasteiger partial charge in [0.25, 0.3) is 0 Å². The first kappa shape index (κ1) is 11.6. The van der Waals surface area contributed by atoms with Crippen LogP contribution in [0, 0.1) is 0 Å². The second-order valence-electron chi connectivity index (χ2n) is 3.55. The maximum absolute atomic E-state index is 10.7. The van der Waals surface area contributed by atoms with Crippen LogP contribution in [0.3, 0.4) is 0 Å². The summed E-state index contributed by atoms with van der Waals surface area (Å²) in [4.78, 5) is 10.7. The maximum Gasteiger partial charge on any atom is 0.129 e. The van der Waals surface area contributed by atoms with E-state index in [0.717, 1.165) is 18.4 Å². The van der Waals surface area contributed by atoms with Crippen LogP contribution in [0.4, 0.5) is 0 Å². The highest BCUT2D eigenvalue weighted by atomic mass is 16.5. The molecule has 0 aromatic heterocycles. The van der Waals surface area contributed by atoms with Crippen LogP contribution in [0.2, 0.25) is 0 Å². The minimum absolute atomic E-state index is 0.183. The number of phenols is 1. The highest BCUT2D eigenvalue weighted by Crippen LogP contribution is 2.24. The number of methoxy groups -OCH3 is 1. The first-order chi connectivity index (χ1) is 7.13. The summed E-state index contributed by atoms with van der Waals surface area (Å²) in [5, 5.41) is 9.62. The molecule has 0 saturated carbocycles. The molecule has 0 aliphatic carbocycles. The van der Waals surface area contributed by atoms with Crippen molar-refractivity contribution >= 4 is 5.78 Å². The van der Waals surface area contributed by atoms with Gasteiger partial charge in [-0.05, 0) is 31.4 Å². The third-order valence-electron chi connectivity index (χ3n) is 2.27. The molecule has 0 heterocycles. The second-order valence-corrected chi connectivity index (χ2v) is 3.55. The Morgan fingerprint density at radius 2 is 2.20 bits per heavy atom. The number of aryl methyl sites for hydroxylation is 1. The number of carbonyl (C=O) groups is 1. The number of benzene rings is 1. The fourth-order valence-electron chi connectivity index (χ4n) is 1.41. The van der Waals surface area contributed by atoms with E-state index in [1.54, 1.807) is 20.1 Å². The number of ketones is 1. The molecule has 0 aliphatic rings. The number of carbonyl (C=O) groups excluding carboxylic acids is 1. The highest BCUT2D eigenvalue weighted by Gasteiger charge is 2.03. The molecular formula is C12H16O3. The van der Waals surface area contributed by atoms with E-state index in [1.165, 1.54) is 0 Å². The van der Waals surface area contributed by atoms with Gasteiger partial charge in [0.15, 0.2) is 0 Å². The third-order valence-corrected chi connectivity index (χ3v) is 2.27. The van der Waals surface area contributed by atoms with Gasteiger partial charge in [-0.2, -0.15) is 0 Å². The van der Waals surface area contributed by atoms with Gasteiger partial charge in [-0.3, -0.25) is 0 Å². The monoisotopic (exact) mass is 208 g/mol. The topological polar surface area (TPSA) is 46.5 Å². The van der Waals surface area contributed by atoms with E-state index in [4.69, 9.17) is 4.74 Å². The van der Waals surface area contributed by atoms with Crippen molar-refractivity contribution in [2.75, 3.05) is 7.11 Å². The number of hydrogen-bond donors (Lipinski definition) is 1. The summed E-state index contributed by atoms with van der Waals surface area (Å²) in [7, 11) is 1.56. The van der Waals surface area contributed by atoms with Gasteiger partial charge in [-0.15, -0.1) is 0 Å². The van der Waals surface area contributed by atoms with Crippen molar-refractivity contribution in [1.82, 2.24) is 0 Å². The zero-order chi connectivity index (χ0) is 11.3. The van der Waals surface area contributed by atoms with Crippen LogP contribution in [0.15, 0.2) is 18.2 Å². The van der Waals surface area contributed by atoms with E-state index in [-0.39, 0.29) is 11.5 Å². The predicted octanol–water partition coefficient (Wildman–Crippen LogP) is 2.31. The van der Waals surface area contributed by atoms with Crippen molar-refractivity contribution in [2.24, 2.45) is 0 Å². The Kier molecular flexibility index (Phi) is 4.16. The van der Waals surface area contributed by atoms with Crippen LogP contribution in [0.25, 0.3) is 0 Å². The van der Waals surface area contributed by atoms with E-state index in [2.05, 4.69) is 0 Å². The molecule has 3 nitrogen and oxygen atoms in total. The van der Waals surface area contributed by atoms with Crippen molar-refractivity contribution in [1.29, 1.82) is 0 Å². The molecule has 15 heavy (non-hydrogen) atoms. The van der Waals surface area contributed by atoms with Crippen LogP contribution in [0.1, 0.15) is 25.3 Å². The van der Waals surface area contributed by atoms with E-state index in [0.29, 0.717) is 12.2 Å². The van der Waals surface area contributed by atoms with E-state index in [9.17, 15) is 9.90 Å². The average molecular weight is 208 g/mol. The van der Waals surface area contributed by atoms with Gasteiger partial charge >= 0.3 is 0 Å². The van der Waals surface area contributed by atoms with E-state index >= 15 is 0 Å². The van der Waals surface area contributed by atoms with Gasteiger partial charge < -0.3 is 14.6 Å². The Labute approximate surface area is 89.7 Å². The van der Waals surface area contributed by atoms with Crippen molar-refractivity contribution in [3.63, 3.8) is 0 Å². The van der Waals surface area contributed by atoms with Gasteiger partial charge in [0, 0.05) is 12.5 Å². The van der Waals surface area contributed by atoms with Crippen LogP contribution in [-0.4, -0.2) is 18.0 Å². The third kappa shape index (κ3) is 3.62. The Hall–Kier alpha value is -1.51. The van der Waals surface area contributed by atoms with Gasteiger partial charge in [-0.1, -0.05) is 6.07 Å². The summed E-state index contributed by atoms with van der Waals surface area (Å²) in [6.45, 7) is 1.58. The molecule has 3 heteroatoms. The number of Topliss-reactive ketones (excluding diaryl/α,β-unsaturated/α-hetero) is 1. The lowest BCUT2D eigenvalue weighted by Gasteiger charge is -2.06. The molecule has 0 saturated heterocycles. The first-order valence-corrected chi connectivity index (χ1v) is 4.99. The Bertz CT molecular complexity index is 345. The fourth-order valence-corrected chi connectivity index (χ4v) is 1.41. The molecule has 0 radical (unpaired) electrons. The molecular weight excluding hydrogens is 192 g/mol. The van der Waals surface area contributed by atoms with Gasteiger partial charge in [-0.25, -0.2) is 0 Å². The van der Waals surface area contributed by atoms with Crippen molar-refractivity contribution in [2.45, 2.75) is 26.2 Å². The summed E-state index contributed by atoms with van der Waals surface area (Å²) in [6.07, 6.45) is 2.05. The molecule has 1 N–H and O–H groups in total. The lowest BCUT2D eigenvalue weighted by molar-refractivity contribution is -0.117. The summed E-state index contributed by atoms with van der Waals surface area (Å²) in [5.41, 5.74) is 0.858. The smallest absolute Gasteiger partial charge is 0.129 e. The average Bonchev–Trinajstić information content (AvgIpc) is 2.20. The number of aromatic hydroxyl groups is 1.